The van der Waals surface area contributed by atoms with Crippen molar-refractivity contribution in [3.05, 3.63) is 185 Å². The monoisotopic (exact) mass is 1260 g/mol. The van der Waals surface area contributed by atoms with Gasteiger partial charge in [0.25, 0.3) is 10.0 Å². The molecule has 2 aliphatic heterocycles. The molecular formula is C68H74Cl2N12O6S. The van der Waals surface area contributed by atoms with Crippen LogP contribution in [0.2, 0.25) is 10.0 Å². The van der Waals surface area contributed by atoms with Crippen LogP contribution in [-0.2, 0) is 32.7 Å². The van der Waals surface area contributed by atoms with Crippen LogP contribution in [0.3, 0.4) is 0 Å². The fourth-order valence-electron chi connectivity index (χ4n) is 12.9. The summed E-state index contributed by atoms with van der Waals surface area (Å²) >= 11 is 13.2. The lowest BCUT2D eigenvalue weighted by molar-refractivity contribution is 0.0651. The Labute approximate surface area is 529 Å². The molecule has 2 saturated carbocycles. The Hall–Kier alpha value is -8.07. The van der Waals surface area contributed by atoms with Crippen molar-refractivity contribution in [1.29, 1.82) is 0 Å². The molecule has 21 heteroatoms. The minimum atomic E-state index is -3.85. The van der Waals surface area contributed by atoms with E-state index in [0.717, 1.165) is 116 Å². The molecule has 4 fully saturated rings. The maximum absolute atomic E-state index is 13.7. The number of anilines is 2. The molecule has 5 aromatic carbocycles. The summed E-state index contributed by atoms with van der Waals surface area (Å²) < 4.78 is 39.7. The number of amides is 2. The largest absolute Gasteiger partial charge is 0.445 e. The summed E-state index contributed by atoms with van der Waals surface area (Å²) in [6.45, 7) is 8.77. The number of para-hydroxylation sites is 2. The predicted molar refractivity (Wildman–Crippen MR) is 349 cm³/mol. The number of hydrogen-bond donors (Lipinski definition) is 3. The second-order valence-corrected chi connectivity index (χ2v) is 26.2. The van der Waals surface area contributed by atoms with Gasteiger partial charge in [-0.2, -0.15) is 0 Å². The summed E-state index contributed by atoms with van der Waals surface area (Å²) in [6, 6.07) is 44.0. The first kappa shape index (κ1) is 61.2. The van der Waals surface area contributed by atoms with Gasteiger partial charge in [0.2, 0.25) is 11.9 Å². The normalized spacial score (nSPS) is 19.3. The van der Waals surface area contributed by atoms with Crippen molar-refractivity contribution in [2.24, 2.45) is 11.8 Å². The van der Waals surface area contributed by atoms with Crippen molar-refractivity contribution in [3.8, 4) is 22.5 Å². The van der Waals surface area contributed by atoms with E-state index in [1.54, 1.807) is 59.9 Å². The molecule has 0 radical (unpaired) electrons. The molecule has 2 saturated heterocycles. The number of fused-ring (bicyclic) bond motifs is 2. The summed E-state index contributed by atoms with van der Waals surface area (Å²) in [4.78, 5) is 55.9. The molecule has 0 unspecified atom stereocenters. The third-order valence-corrected chi connectivity index (χ3v) is 19.7. The highest BCUT2D eigenvalue weighted by molar-refractivity contribution is 7.90. The Morgan fingerprint density at radius 1 is 0.551 bits per heavy atom. The number of hydrogen-bond acceptors (Lipinski definition) is 14. The summed E-state index contributed by atoms with van der Waals surface area (Å²) in [5.41, 5.74) is 6.41. The van der Waals surface area contributed by atoms with Crippen LogP contribution in [0.5, 0.6) is 0 Å². The number of nitrogens with one attached hydrogen (secondary N) is 3. The van der Waals surface area contributed by atoms with Gasteiger partial charge in [-0.05, 0) is 85.8 Å². The molecule has 4 aliphatic rings. The summed E-state index contributed by atoms with van der Waals surface area (Å²) in [6.07, 6.45) is 15.2. The lowest BCUT2D eigenvalue weighted by Crippen LogP contribution is -2.50. The molecule has 9 aromatic rings. The van der Waals surface area contributed by atoms with E-state index in [1.807, 2.05) is 108 Å². The number of ether oxygens (including phenoxy) is 2. The van der Waals surface area contributed by atoms with E-state index in [1.165, 1.54) is 16.8 Å². The quantitative estimate of drug-likeness (QED) is 0.0826. The molecule has 3 N–H and O–H groups in total. The Bertz CT molecular complexity index is 3960. The van der Waals surface area contributed by atoms with Crippen LogP contribution in [-0.4, -0.2) is 147 Å². The minimum Gasteiger partial charge on any atom is -0.445 e. The molecule has 4 aromatic heterocycles. The zero-order chi connectivity index (χ0) is 61.1. The van der Waals surface area contributed by atoms with Crippen LogP contribution in [0.15, 0.2) is 169 Å². The van der Waals surface area contributed by atoms with Crippen molar-refractivity contribution in [2.75, 3.05) is 76.1 Å². The van der Waals surface area contributed by atoms with Gasteiger partial charge in [-0.3, -0.25) is 9.80 Å². The molecule has 18 nitrogen and oxygen atoms in total. The van der Waals surface area contributed by atoms with Crippen molar-refractivity contribution >= 4 is 79.1 Å². The smallest absolute Gasteiger partial charge is 0.410 e. The lowest BCUT2D eigenvalue weighted by Gasteiger charge is -2.38. The van der Waals surface area contributed by atoms with E-state index in [2.05, 4.69) is 41.5 Å². The topological polar surface area (TPSA) is 196 Å². The number of nitrogens with zero attached hydrogens (tertiary/aromatic N) is 9. The van der Waals surface area contributed by atoms with E-state index < -0.39 is 10.0 Å². The SMILES string of the molecule is O=C(OCc1ccccc1)N1CCN(C[C@H]2CCC[C@@H](Nc3ncc(Cl)c(-c4c[nH]c5ccccc45)n3)C2)CC1.O=C(OCc1ccccc1)N1CCN(C[C@H]2CCC[C@@H](Nc3ncc(Cl)c(-c4cn(S(=O)(=O)c5ccccc5)c5ccccc45)n3)C2)CC1. The fraction of sp³-hybridized carbons (Fsp3) is 0.353. The Balaban J connectivity index is 0.000000176. The molecule has 89 heavy (non-hydrogen) atoms. The molecule has 462 valence electrons. The number of piperazine rings is 2. The molecule has 4 atom stereocenters. The van der Waals surface area contributed by atoms with E-state index >= 15 is 0 Å². The molecular weight excluding hydrogens is 1180 g/mol. The highest BCUT2D eigenvalue weighted by Crippen LogP contribution is 2.38. The van der Waals surface area contributed by atoms with Crippen LogP contribution in [0.25, 0.3) is 44.3 Å². The van der Waals surface area contributed by atoms with E-state index in [-0.39, 0.29) is 29.7 Å². The first-order valence-corrected chi connectivity index (χ1v) is 33.1. The molecule has 2 amide bonds. The molecule has 0 spiro atoms. The van der Waals surface area contributed by atoms with Gasteiger partial charge in [-0.15, -0.1) is 0 Å². The van der Waals surface area contributed by atoms with Crippen molar-refractivity contribution in [3.63, 3.8) is 0 Å². The average molecular weight is 1260 g/mol. The second-order valence-electron chi connectivity index (χ2n) is 23.6. The van der Waals surface area contributed by atoms with Gasteiger partial charge in [0, 0.05) is 117 Å². The van der Waals surface area contributed by atoms with Gasteiger partial charge in [-0.1, -0.05) is 151 Å². The fourth-order valence-corrected chi connectivity index (χ4v) is 14.7. The Morgan fingerprint density at radius 2 is 1.01 bits per heavy atom. The van der Waals surface area contributed by atoms with Gasteiger partial charge in [0.15, 0.2) is 0 Å². The molecule has 6 heterocycles. The number of aromatic nitrogens is 6. The highest BCUT2D eigenvalue weighted by Gasteiger charge is 2.31. The Morgan fingerprint density at radius 3 is 1.54 bits per heavy atom. The first-order chi connectivity index (χ1) is 43.5. The van der Waals surface area contributed by atoms with E-state index in [9.17, 15) is 18.0 Å². The van der Waals surface area contributed by atoms with Gasteiger partial charge in [-0.25, -0.2) is 41.9 Å². The van der Waals surface area contributed by atoms with Gasteiger partial charge >= 0.3 is 12.2 Å². The van der Waals surface area contributed by atoms with Gasteiger partial charge < -0.3 is 34.9 Å². The summed E-state index contributed by atoms with van der Waals surface area (Å²) in [5, 5.41) is 9.86. The zero-order valence-electron chi connectivity index (χ0n) is 49.7. The lowest BCUT2D eigenvalue weighted by atomic mass is 9.85. The number of carbonyl (C=O) groups is 2. The number of aromatic amines is 1. The van der Waals surface area contributed by atoms with Crippen LogP contribution >= 0.6 is 23.2 Å². The van der Waals surface area contributed by atoms with Crippen LogP contribution in [0, 0.1) is 11.8 Å². The zero-order valence-corrected chi connectivity index (χ0v) is 52.0. The predicted octanol–water partition coefficient (Wildman–Crippen LogP) is 13.1. The molecule has 2 aliphatic carbocycles. The van der Waals surface area contributed by atoms with E-state index in [0.29, 0.717) is 89.4 Å². The van der Waals surface area contributed by atoms with Gasteiger partial charge in [0.05, 0.1) is 44.2 Å². The molecule has 0 bridgehead atoms. The van der Waals surface area contributed by atoms with Crippen molar-refractivity contribution in [1.82, 2.24) is 48.5 Å². The highest BCUT2D eigenvalue weighted by atomic mass is 35.5. The first-order valence-electron chi connectivity index (χ1n) is 30.9. The van der Waals surface area contributed by atoms with Crippen molar-refractivity contribution in [2.45, 2.75) is 81.6 Å². The number of benzene rings is 5. The average Bonchev–Trinajstić information content (AvgIpc) is 2.02. The standard InChI is InChI=1S/C37H39ClN6O4S.C31H35ClN6O2/c38-33-23-39-36(41-35(33)32-25-44(34-17-8-7-16-31(32)34)49(46,47)30-14-5-2-6-15-30)40-29-13-9-12-28(22-29)24-42-18-20-43(21-19-42)37(45)48-26-27-10-3-1-4-11-27;32-27-19-34-30(36-29(27)26-18-33-28-12-5-4-11-25(26)28)35-24-10-6-9-23(17-24)20-37-13-15-38(16-14-37)31(39)40-21-22-7-2-1-3-8-22/h1-8,10-11,14-17,23,25,28-29H,9,12-13,18-22,24,26H2,(H,39,40,41);1-5,7-8,11-12,18-19,23-24,33H,6,9-10,13-17,20-21H2,(H,34,35,36)/t28-,29+;23-,24+/m00/s1. The Kier molecular flexibility index (Phi) is 19.7. The minimum absolute atomic E-state index is 0.196. The van der Waals surface area contributed by atoms with E-state index in [4.69, 9.17) is 42.6 Å². The van der Waals surface area contributed by atoms with Crippen LogP contribution in [0.4, 0.5) is 21.5 Å². The number of rotatable bonds is 16. The van der Waals surface area contributed by atoms with Gasteiger partial charge in [0.1, 0.15) is 13.2 Å². The second kappa shape index (κ2) is 28.6. The maximum Gasteiger partial charge on any atom is 0.410 e. The van der Waals surface area contributed by atoms with Crippen LogP contribution in [0.1, 0.15) is 62.5 Å². The number of carbonyl (C=O) groups excluding carboxylic acids is 2. The summed E-state index contributed by atoms with van der Waals surface area (Å²) in [5.74, 6) is 2.20. The number of halogens is 2. The summed E-state index contributed by atoms with van der Waals surface area (Å²) in [7, 11) is -3.85. The van der Waals surface area contributed by atoms with Crippen LogP contribution < -0.4 is 10.6 Å². The molecule has 13 rings (SSSR count). The maximum atomic E-state index is 13.7. The number of H-pyrrole nitrogens is 1. The third-order valence-electron chi connectivity index (χ3n) is 17.5. The van der Waals surface area contributed by atoms with Crippen molar-refractivity contribution < 1.29 is 27.5 Å². The third kappa shape index (κ3) is 15.2.